The summed E-state index contributed by atoms with van der Waals surface area (Å²) in [7, 11) is 1.68. The van der Waals surface area contributed by atoms with Gasteiger partial charge in [0.2, 0.25) is 0 Å². The smallest absolute Gasteiger partial charge is 0.273 e. The monoisotopic (exact) mass is 281 g/mol. The topological polar surface area (TPSA) is 76.4 Å². The van der Waals surface area contributed by atoms with Crippen LogP contribution in [0.3, 0.4) is 0 Å². The molecule has 0 fully saturated rings. The zero-order valence-corrected chi connectivity index (χ0v) is 12.1. The summed E-state index contributed by atoms with van der Waals surface area (Å²) in [6, 6.07) is 5.03. The van der Waals surface area contributed by atoms with Crippen molar-refractivity contribution in [2.24, 2.45) is 0 Å². The number of anilines is 2. The first-order valence-electron chi connectivity index (χ1n) is 6.93. The fraction of sp³-hybridized carbons (Fsp3) is 0.571. The summed E-state index contributed by atoms with van der Waals surface area (Å²) in [5.41, 5.74) is 1.65. The molecule has 0 aliphatic carbocycles. The molecule has 1 rings (SSSR count). The van der Waals surface area contributed by atoms with E-state index in [0.717, 1.165) is 50.3 Å². The predicted octanol–water partition coefficient (Wildman–Crippen LogP) is 3.26. The average Bonchev–Trinajstić information content (AvgIpc) is 2.44. The Morgan fingerprint density at radius 3 is 2.35 bits per heavy atom. The number of benzene rings is 1. The molecule has 1 aromatic carbocycles. The third kappa shape index (κ3) is 5.88. The maximum atomic E-state index is 10.9. The SMILES string of the molecule is CCCNc1cc(NCCCCOC)cc([N+](=O)[O-])c1. The van der Waals surface area contributed by atoms with Gasteiger partial charge < -0.3 is 15.4 Å². The highest BCUT2D eigenvalue weighted by Gasteiger charge is 2.09. The van der Waals surface area contributed by atoms with Crippen LogP contribution in [0.25, 0.3) is 0 Å². The number of hydrogen-bond donors (Lipinski definition) is 2. The Kier molecular flexibility index (Phi) is 7.42. The minimum Gasteiger partial charge on any atom is -0.385 e. The fourth-order valence-corrected chi connectivity index (χ4v) is 1.79. The third-order valence-corrected chi connectivity index (χ3v) is 2.81. The molecule has 0 spiro atoms. The zero-order valence-electron chi connectivity index (χ0n) is 12.1. The lowest BCUT2D eigenvalue weighted by Crippen LogP contribution is -2.05. The van der Waals surface area contributed by atoms with Crippen LogP contribution in [0.5, 0.6) is 0 Å². The van der Waals surface area contributed by atoms with E-state index < -0.39 is 0 Å². The van der Waals surface area contributed by atoms with Gasteiger partial charge in [-0.25, -0.2) is 0 Å². The molecule has 0 aliphatic rings. The zero-order chi connectivity index (χ0) is 14.8. The molecular weight excluding hydrogens is 258 g/mol. The standard InChI is InChI=1S/C14H23N3O3/c1-3-6-15-12-9-13(11-14(10-12)17(18)19)16-7-4-5-8-20-2/h9-11,15-16H,3-8H2,1-2H3. The van der Waals surface area contributed by atoms with Crippen LogP contribution < -0.4 is 10.6 Å². The number of hydrogen-bond acceptors (Lipinski definition) is 5. The number of methoxy groups -OCH3 is 1. The highest BCUT2D eigenvalue weighted by molar-refractivity contribution is 5.63. The normalized spacial score (nSPS) is 10.3. The second kappa shape index (κ2) is 9.14. The lowest BCUT2D eigenvalue weighted by atomic mass is 10.2. The van der Waals surface area contributed by atoms with E-state index in [0.29, 0.717) is 0 Å². The van der Waals surface area contributed by atoms with E-state index in [-0.39, 0.29) is 10.6 Å². The van der Waals surface area contributed by atoms with E-state index in [1.54, 1.807) is 19.2 Å². The molecule has 0 heterocycles. The predicted molar refractivity (Wildman–Crippen MR) is 81.5 cm³/mol. The summed E-state index contributed by atoms with van der Waals surface area (Å²) in [6.45, 7) is 4.37. The summed E-state index contributed by atoms with van der Waals surface area (Å²) >= 11 is 0. The van der Waals surface area contributed by atoms with Crippen molar-refractivity contribution in [3.05, 3.63) is 28.3 Å². The van der Waals surface area contributed by atoms with E-state index >= 15 is 0 Å². The number of nitro groups is 1. The summed E-state index contributed by atoms with van der Waals surface area (Å²) in [6.07, 6.45) is 2.91. The summed E-state index contributed by atoms with van der Waals surface area (Å²) in [5.74, 6) is 0. The van der Waals surface area contributed by atoms with Crippen LogP contribution in [0, 0.1) is 10.1 Å². The molecule has 2 N–H and O–H groups in total. The van der Waals surface area contributed by atoms with Crippen LogP contribution in [0.2, 0.25) is 0 Å². The van der Waals surface area contributed by atoms with Gasteiger partial charge in [0.05, 0.1) is 4.92 Å². The van der Waals surface area contributed by atoms with Crippen molar-refractivity contribution >= 4 is 17.1 Å². The van der Waals surface area contributed by atoms with Crippen molar-refractivity contribution in [3.8, 4) is 0 Å². The molecule has 0 unspecified atom stereocenters. The van der Waals surface area contributed by atoms with Gasteiger partial charge in [0, 0.05) is 50.3 Å². The van der Waals surface area contributed by atoms with Crippen molar-refractivity contribution in [1.29, 1.82) is 0 Å². The molecule has 6 heteroatoms. The second-order valence-electron chi connectivity index (χ2n) is 4.58. The van der Waals surface area contributed by atoms with Crippen LogP contribution >= 0.6 is 0 Å². The third-order valence-electron chi connectivity index (χ3n) is 2.81. The average molecular weight is 281 g/mol. The minimum atomic E-state index is -0.368. The Balaban J connectivity index is 2.63. The first-order valence-corrected chi connectivity index (χ1v) is 6.93. The molecule has 6 nitrogen and oxygen atoms in total. The highest BCUT2D eigenvalue weighted by atomic mass is 16.6. The van der Waals surface area contributed by atoms with Crippen molar-refractivity contribution in [2.75, 3.05) is 37.4 Å². The Morgan fingerprint density at radius 1 is 1.15 bits per heavy atom. The Hall–Kier alpha value is -1.82. The molecule has 0 aromatic heterocycles. The maximum absolute atomic E-state index is 10.9. The number of unbranched alkanes of at least 4 members (excludes halogenated alkanes) is 1. The molecular formula is C14H23N3O3. The second-order valence-corrected chi connectivity index (χ2v) is 4.58. The Morgan fingerprint density at radius 2 is 1.80 bits per heavy atom. The van der Waals surface area contributed by atoms with Gasteiger partial charge in [-0.3, -0.25) is 10.1 Å². The molecule has 20 heavy (non-hydrogen) atoms. The molecule has 1 aromatic rings. The maximum Gasteiger partial charge on any atom is 0.273 e. The number of nitrogens with zero attached hydrogens (tertiary/aromatic N) is 1. The number of non-ortho nitro benzene ring substituents is 1. The van der Waals surface area contributed by atoms with E-state index in [1.807, 2.05) is 6.07 Å². The van der Waals surface area contributed by atoms with Gasteiger partial charge >= 0.3 is 0 Å². The van der Waals surface area contributed by atoms with Gasteiger partial charge in [-0.05, 0) is 25.3 Å². The molecule has 0 saturated heterocycles. The van der Waals surface area contributed by atoms with Gasteiger partial charge in [0.15, 0.2) is 0 Å². The van der Waals surface area contributed by atoms with Crippen LogP contribution in [-0.4, -0.2) is 31.7 Å². The van der Waals surface area contributed by atoms with Crippen molar-refractivity contribution in [2.45, 2.75) is 26.2 Å². The van der Waals surface area contributed by atoms with Gasteiger partial charge in [-0.1, -0.05) is 6.92 Å². The van der Waals surface area contributed by atoms with Crippen LogP contribution in [0.4, 0.5) is 17.1 Å². The number of rotatable bonds is 10. The van der Waals surface area contributed by atoms with E-state index in [9.17, 15) is 10.1 Å². The summed E-state index contributed by atoms with van der Waals surface area (Å²) < 4.78 is 4.98. The molecule has 112 valence electrons. The van der Waals surface area contributed by atoms with Crippen molar-refractivity contribution in [1.82, 2.24) is 0 Å². The number of nitrogens with one attached hydrogen (secondary N) is 2. The molecule has 0 amide bonds. The quantitative estimate of drug-likeness (QED) is 0.391. The Bertz CT molecular complexity index is 424. The minimum absolute atomic E-state index is 0.102. The van der Waals surface area contributed by atoms with E-state index in [1.165, 1.54) is 0 Å². The lowest BCUT2D eigenvalue weighted by Gasteiger charge is -2.10. The fourth-order valence-electron chi connectivity index (χ4n) is 1.79. The van der Waals surface area contributed by atoms with Gasteiger partial charge in [0.1, 0.15) is 0 Å². The Labute approximate surface area is 119 Å². The molecule has 0 bridgehead atoms. The molecule has 0 saturated carbocycles. The highest BCUT2D eigenvalue weighted by Crippen LogP contribution is 2.24. The van der Waals surface area contributed by atoms with Crippen molar-refractivity contribution in [3.63, 3.8) is 0 Å². The van der Waals surface area contributed by atoms with Crippen LogP contribution in [0.1, 0.15) is 26.2 Å². The van der Waals surface area contributed by atoms with Gasteiger partial charge in [-0.2, -0.15) is 0 Å². The van der Waals surface area contributed by atoms with Crippen LogP contribution in [0.15, 0.2) is 18.2 Å². The lowest BCUT2D eigenvalue weighted by molar-refractivity contribution is -0.384. The molecule has 0 aliphatic heterocycles. The van der Waals surface area contributed by atoms with Gasteiger partial charge in [-0.15, -0.1) is 0 Å². The summed E-state index contributed by atoms with van der Waals surface area (Å²) in [4.78, 5) is 10.6. The summed E-state index contributed by atoms with van der Waals surface area (Å²) in [5, 5.41) is 17.3. The first-order chi connectivity index (χ1) is 9.67. The van der Waals surface area contributed by atoms with E-state index in [4.69, 9.17) is 4.74 Å². The molecule has 0 radical (unpaired) electrons. The van der Waals surface area contributed by atoms with E-state index in [2.05, 4.69) is 17.6 Å². The first kappa shape index (κ1) is 16.2. The number of ether oxygens (including phenoxy) is 1. The van der Waals surface area contributed by atoms with Crippen molar-refractivity contribution < 1.29 is 9.66 Å². The van der Waals surface area contributed by atoms with Gasteiger partial charge in [0.25, 0.3) is 5.69 Å². The molecule has 0 atom stereocenters. The van der Waals surface area contributed by atoms with Crippen LogP contribution in [-0.2, 0) is 4.74 Å². The number of nitro benzene ring substituents is 1. The largest absolute Gasteiger partial charge is 0.385 e.